The number of carbonyl (C=O) groups excluding carboxylic acids is 1. The third-order valence-corrected chi connectivity index (χ3v) is 5.58. The third kappa shape index (κ3) is 4.58. The fourth-order valence-corrected chi connectivity index (χ4v) is 3.98. The van der Waals surface area contributed by atoms with Gasteiger partial charge in [0.25, 0.3) is 5.91 Å². The summed E-state index contributed by atoms with van der Waals surface area (Å²) in [6.07, 6.45) is 2.51. The molecule has 1 aromatic carbocycles. The number of thiazole rings is 1. The number of nitrogens with zero attached hydrogens (tertiary/aromatic N) is 5. The molecule has 1 amide bonds. The lowest BCUT2D eigenvalue weighted by molar-refractivity contribution is 0.0766. The van der Waals surface area contributed by atoms with Crippen LogP contribution >= 0.6 is 11.3 Å². The van der Waals surface area contributed by atoms with Crippen LogP contribution in [0.5, 0.6) is 5.75 Å². The lowest BCUT2D eigenvalue weighted by atomic mass is 10.2. The lowest BCUT2D eigenvalue weighted by Gasteiger charge is -2.23. The average molecular weight is 420 g/mol. The molecule has 1 aliphatic heterocycles. The van der Waals surface area contributed by atoms with Gasteiger partial charge >= 0.3 is 0 Å². The topological polar surface area (TPSA) is 82.4 Å². The second kappa shape index (κ2) is 9.37. The van der Waals surface area contributed by atoms with Gasteiger partial charge in [-0.05, 0) is 36.8 Å². The minimum absolute atomic E-state index is 0.0162. The van der Waals surface area contributed by atoms with Crippen LogP contribution in [-0.4, -0.2) is 47.0 Å². The van der Waals surface area contributed by atoms with Crippen molar-refractivity contribution in [3.8, 4) is 11.8 Å². The van der Waals surface area contributed by atoms with E-state index in [9.17, 15) is 10.1 Å². The normalized spacial score (nSPS) is 14.1. The molecule has 1 fully saturated rings. The van der Waals surface area contributed by atoms with Crippen molar-refractivity contribution in [2.45, 2.75) is 13.0 Å². The molecule has 0 unspecified atom stereocenters. The molecule has 30 heavy (non-hydrogen) atoms. The average Bonchev–Trinajstić information content (AvgIpc) is 3.20. The van der Waals surface area contributed by atoms with Gasteiger partial charge in [-0.3, -0.25) is 4.79 Å². The van der Waals surface area contributed by atoms with Gasteiger partial charge in [-0.2, -0.15) is 5.26 Å². The van der Waals surface area contributed by atoms with Crippen LogP contribution in [-0.2, 0) is 6.61 Å². The first-order valence-corrected chi connectivity index (χ1v) is 10.7. The lowest BCUT2D eigenvalue weighted by Crippen LogP contribution is -2.35. The molecule has 0 spiro atoms. The quantitative estimate of drug-likeness (QED) is 0.631. The number of anilines is 1. The van der Waals surface area contributed by atoms with Crippen molar-refractivity contribution in [2.24, 2.45) is 0 Å². The molecule has 3 aromatic rings. The predicted molar refractivity (Wildman–Crippen MR) is 115 cm³/mol. The molecule has 4 rings (SSSR count). The van der Waals surface area contributed by atoms with Crippen LogP contribution < -0.4 is 9.64 Å². The summed E-state index contributed by atoms with van der Waals surface area (Å²) in [7, 11) is 0. The zero-order valence-corrected chi connectivity index (χ0v) is 17.2. The van der Waals surface area contributed by atoms with Crippen LogP contribution in [0.4, 0.5) is 5.82 Å². The fraction of sp³-hybridized carbons (Fsp3) is 0.273. The van der Waals surface area contributed by atoms with Gasteiger partial charge in [-0.15, -0.1) is 11.3 Å². The van der Waals surface area contributed by atoms with E-state index in [0.29, 0.717) is 48.9 Å². The number of rotatable bonds is 5. The molecule has 3 heterocycles. The molecule has 0 atom stereocenters. The van der Waals surface area contributed by atoms with Crippen molar-refractivity contribution in [2.75, 3.05) is 31.1 Å². The Labute approximate surface area is 179 Å². The number of hydrogen-bond acceptors (Lipinski definition) is 7. The summed E-state index contributed by atoms with van der Waals surface area (Å²) in [5.74, 6) is 1.32. The van der Waals surface area contributed by atoms with E-state index < -0.39 is 0 Å². The highest BCUT2D eigenvalue weighted by molar-refractivity contribution is 7.07. The van der Waals surface area contributed by atoms with E-state index in [1.165, 1.54) is 11.3 Å². The van der Waals surface area contributed by atoms with E-state index >= 15 is 0 Å². The van der Waals surface area contributed by atoms with Crippen LogP contribution in [0.25, 0.3) is 0 Å². The Hall–Kier alpha value is -3.44. The first kappa shape index (κ1) is 19.9. The molecule has 0 aliphatic carbocycles. The molecule has 152 valence electrons. The maximum absolute atomic E-state index is 13.1. The van der Waals surface area contributed by atoms with Gasteiger partial charge in [-0.25, -0.2) is 9.97 Å². The van der Waals surface area contributed by atoms with Gasteiger partial charge in [0.2, 0.25) is 0 Å². The Balaban J connectivity index is 1.41. The van der Waals surface area contributed by atoms with E-state index in [1.807, 2.05) is 28.5 Å². The zero-order chi connectivity index (χ0) is 20.8. The Morgan fingerprint density at radius 1 is 1.17 bits per heavy atom. The monoisotopic (exact) mass is 419 g/mol. The van der Waals surface area contributed by atoms with Gasteiger partial charge in [0.05, 0.1) is 16.8 Å². The van der Waals surface area contributed by atoms with E-state index in [4.69, 9.17) is 4.74 Å². The molecule has 2 aromatic heterocycles. The third-order valence-electron chi connectivity index (χ3n) is 4.94. The molecular weight excluding hydrogens is 398 g/mol. The molecule has 0 N–H and O–H groups in total. The summed E-state index contributed by atoms with van der Waals surface area (Å²) in [5, 5.41) is 11.3. The second-order valence-electron chi connectivity index (χ2n) is 6.92. The summed E-state index contributed by atoms with van der Waals surface area (Å²) < 4.78 is 5.78. The number of carbonyl (C=O) groups is 1. The zero-order valence-electron chi connectivity index (χ0n) is 16.4. The van der Waals surface area contributed by atoms with Crippen LogP contribution in [0.15, 0.2) is 53.5 Å². The molecular formula is C22H21N5O2S. The van der Waals surface area contributed by atoms with Gasteiger partial charge in [-0.1, -0.05) is 6.07 Å². The highest BCUT2D eigenvalue weighted by Crippen LogP contribution is 2.20. The van der Waals surface area contributed by atoms with Gasteiger partial charge in [0, 0.05) is 43.3 Å². The second-order valence-corrected chi connectivity index (χ2v) is 7.63. The van der Waals surface area contributed by atoms with Crippen molar-refractivity contribution in [3.05, 3.63) is 70.3 Å². The minimum Gasteiger partial charge on any atom is -0.487 e. The number of amides is 1. The molecule has 8 heteroatoms. The number of nitriles is 1. The number of benzene rings is 1. The number of aromatic nitrogens is 2. The standard InChI is InChI=1S/C22H21N5O2S/c23-13-18-5-2-7-24-21(18)26-8-3-9-27(11-10-26)22(28)17-4-1-6-20(12-17)29-14-19-15-30-16-25-19/h1-2,4-7,12,15-16H,3,8-11,14H2. The first-order chi connectivity index (χ1) is 14.7. The van der Waals surface area contributed by atoms with E-state index in [2.05, 4.69) is 20.9 Å². The van der Waals surface area contributed by atoms with Crippen molar-refractivity contribution >= 4 is 23.1 Å². The van der Waals surface area contributed by atoms with Crippen molar-refractivity contribution in [3.63, 3.8) is 0 Å². The smallest absolute Gasteiger partial charge is 0.254 e. The fourth-order valence-electron chi connectivity index (χ4n) is 3.44. The van der Waals surface area contributed by atoms with Crippen LogP contribution in [0.2, 0.25) is 0 Å². The summed E-state index contributed by atoms with van der Waals surface area (Å²) in [5.41, 5.74) is 3.80. The van der Waals surface area contributed by atoms with Crippen molar-refractivity contribution in [1.82, 2.24) is 14.9 Å². The number of pyridine rings is 1. The van der Waals surface area contributed by atoms with Crippen molar-refractivity contribution in [1.29, 1.82) is 5.26 Å². The van der Waals surface area contributed by atoms with E-state index in [0.717, 1.165) is 18.7 Å². The van der Waals surface area contributed by atoms with Crippen LogP contribution in [0.1, 0.15) is 28.0 Å². The van der Waals surface area contributed by atoms with Gasteiger partial charge in [0.1, 0.15) is 24.2 Å². The predicted octanol–water partition coefficient (Wildman–Crippen LogP) is 3.34. The number of hydrogen-bond donors (Lipinski definition) is 0. The largest absolute Gasteiger partial charge is 0.487 e. The Bertz CT molecular complexity index is 1050. The summed E-state index contributed by atoms with van der Waals surface area (Å²) in [4.78, 5) is 25.6. The Kier molecular flexibility index (Phi) is 6.20. The molecule has 0 radical (unpaired) electrons. The molecule has 1 saturated heterocycles. The molecule has 0 saturated carbocycles. The highest BCUT2D eigenvalue weighted by atomic mass is 32.1. The van der Waals surface area contributed by atoms with Gasteiger partial charge < -0.3 is 14.5 Å². The molecule has 1 aliphatic rings. The highest BCUT2D eigenvalue weighted by Gasteiger charge is 2.22. The van der Waals surface area contributed by atoms with Crippen LogP contribution in [0, 0.1) is 11.3 Å². The van der Waals surface area contributed by atoms with Gasteiger partial charge in [0.15, 0.2) is 0 Å². The summed E-state index contributed by atoms with van der Waals surface area (Å²) in [6, 6.07) is 13.0. The van der Waals surface area contributed by atoms with E-state index in [-0.39, 0.29) is 5.91 Å². The molecule has 7 nitrogen and oxygen atoms in total. The summed E-state index contributed by atoms with van der Waals surface area (Å²) in [6.45, 7) is 3.01. The maximum Gasteiger partial charge on any atom is 0.254 e. The minimum atomic E-state index is -0.0162. The SMILES string of the molecule is N#Cc1cccnc1N1CCCN(C(=O)c2cccc(OCc3cscn3)c2)CC1. The Morgan fingerprint density at radius 2 is 2.10 bits per heavy atom. The summed E-state index contributed by atoms with van der Waals surface area (Å²) >= 11 is 1.53. The van der Waals surface area contributed by atoms with Crippen molar-refractivity contribution < 1.29 is 9.53 Å². The Morgan fingerprint density at radius 3 is 2.93 bits per heavy atom. The van der Waals surface area contributed by atoms with E-state index in [1.54, 1.807) is 29.9 Å². The molecule has 0 bridgehead atoms. The maximum atomic E-state index is 13.1. The van der Waals surface area contributed by atoms with Crippen LogP contribution in [0.3, 0.4) is 0 Å². The first-order valence-electron chi connectivity index (χ1n) is 9.74. The number of ether oxygens (including phenoxy) is 1.